The minimum atomic E-state index is -0.318. The summed E-state index contributed by atoms with van der Waals surface area (Å²) >= 11 is 0. The van der Waals surface area contributed by atoms with E-state index in [0.29, 0.717) is 6.61 Å². The van der Waals surface area contributed by atoms with Crippen molar-refractivity contribution in [3.05, 3.63) is 0 Å². The predicted molar refractivity (Wildman–Crippen MR) is 42.0 cm³/mol. The fourth-order valence-corrected chi connectivity index (χ4v) is 0.708. The summed E-state index contributed by atoms with van der Waals surface area (Å²) in [7, 11) is 0. The quantitative estimate of drug-likeness (QED) is 0.576. The van der Waals surface area contributed by atoms with Gasteiger partial charge in [0.1, 0.15) is 0 Å². The van der Waals surface area contributed by atoms with Crippen LogP contribution in [0.1, 0.15) is 33.1 Å². The molecule has 0 bridgehead atoms. The van der Waals surface area contributed by atoms with Crippen LogP contribution in [-0.4, -0.2) is 24.4 Å². The van der Waals surface area contributed by atoms with E-state index in [4.69, 9.17) is 9.84 Å². The Morgan fingerprint density at radius 1 is 1.40 bits per heavy atom. The van der Waals surface area contributed by atoms with E-state index in [2.05, 4.69) is 6.92 Å². The normalized spacial score (nSPS) is 13.5. The van der Waals surface area contributed by atoms with Gasteiger partial charge in [0.25, 0.3) is 0 Å². The smallest absolute Gasteiger partial charge is 0.0745 e. The first-order valence-electron chi connectivity index (χ1n) is 4.03. The second-order valence-corrected chi connectivity index (χ2v) is 2.63. The van der Waals surface area contributed by atoms with Crippen molar-refractivity contribution in [3.8, 4) is 0 Å². The molecule has 1 N–H and O–H groups in total. The van der Waals surface area contributed by atoms with Gasteiger partial charge in [-0.05, 0) is 13.3 Å². The lowest BCUT2D eigenvalue weighted by molar-refractivity contribution is 0.0446. The Kier molecular flexibility index (Phi) is 6.98. The van der Waals surface area contributed by atoms with Crippen molar-refractivity contribution >= 4 is 0 Å². The summed E-state index contributed by atoms with van der Waals surface area (Å²) in [6, 6.07) is 0. The van der Waals surface area contributed by atoms with Crippen molar-refractivity contribution in [1.29, 1.82) is 0 Å². The summed E-state index contributed by atoms with van der Waals surface area (Å²) in [4.78, 5) is 0. The zero-order valence-electron chi connectivity index (χ0n) is 6.97. The van der Waals surface area contributed by atoms with Gasteiger partial charge in [-0.3, -0.25) is 0 Å². The summed E-state index contributed by atoms with van der Waals surface area (Å²) < 4.78 is 5.15. The molecule has 0 radical (unpaired) electrons. The lowest BCUT2D eigenvalue weighted by Crippen LogP contribution is -2.10. The SMILES string of the molecule is CCCCCOC[C@@H](C)O. The Morgan fingerprint density at radius 3 is 2.60 bits per heavy atom. The van der Waals surface area contributed by atoms with Crippen LogP contribution in [0.2, 0.25) is 0 Å². The zero-order chi connectivity index (χ0) is 7.82. The highest BCUT2D eigenvalue weighted by atomic mass is 16.5. The van der Waals surface area contributed by atoms with E-state index >= 15 is 0 Å². The molecule has 0 aliphatic carbocycles. The number of ether oxygens (including phenoxy) is 1. The van der Waals surface area contributed by atoms with Crippen LogP contribution in [0.4, 0.5) is 0 Å². The largest absolute Gasteiger partial charge is 0.391 e. The summed E-state index contributed by atoms with van der Waals surface area (Å²) in [5.41, 5.74) is 0. The monoisotopic (exact) mass is 146 g/mol. The molecule has 0 aromatic rings. The highest BCUT2D eigenvalue weighted by molar-refractivity contribution is 4.42. The predicted octanol–water partition coefficient (Wildman–Crippen LogP) is 1.57. The first-order valence-corrected chi connectivity index (χ1v) is 4.03. The van der Waals surface area contributed by atoms with E-state index < -0.39 is 0 Å². The third-order valence-electron chi connectivity index (χ3n) is 1.25. The second kappa shape index (κ2) is 7.03. The highest BCUT2D eigenvalue weighted by Gasteiger charge is 1.93. The van der Waals surface area contributed by atoms with E-state index in [9.17, 15) is 0 Å². The van der Waals surface area contributed by atoms with E-state index in [1.54, 1.807) is 6.92 Å². The Balaban J connectivity index is 2.77. The van der Waals surface area contributed by atoms with Crippen LogP contribution in [0.5, 0.6) is 0 Å². The second-order valence-electron chi connectivity index (χ2n) is 2.63. The van der Waals surface area contributed by atoms with Crippen LogP contribution in [0.25, 0.3) is 0 Å². The molecule has 0 spiro atoms. The third-order valence-corrected chi connectivity index (χ3v) is 1.25. The summed E-state index contributed by atoms with van der Waals surface area (Å²) in [6.07, 6.45) is 3.24. The number of rotatable bonds is 6. The number of aliphatic hydroxyl groups excluding tert-OH is 1. The van der Waals surface area contributed by atoms with Crippen LogP contribution in [0.3, 0.4) is 0 Å². The van der Waals surface area contributed by atoms with Gasteiger partial charge in [0.15, 0.2) is 0 Å². The maximum atomic E-state index is 8.78. The number of hydrogen-bond donors (Lipinski definition) is 1. The Labute approximate surface area is 63.2 Å². The van der Waals surface area contributed by atoms with Gasteiger partial charge < -0.3 is 9.84 Å². The minimum Gasteiger partial charge on any atom is -0.391 e. The first-order chi connectivity index (χ1) is 4.77. The maximum Gasteiger partial charge on any atom is 0.0745 e. The van der Waals surface area contributed by atoms with Gasteiger partial charge in [0.2, 0.25) is 0 Å². The van der Waals surface area contributed by atoms with Crippen molar-refractivity contribution in [2.75, 3.05) is 13.2 Å². The van der Waals surface area contributed by atoms with E-state index in [0.717, 1.165) is 13.0 Å². The first kappa shape index (κ1) is 9.92. The Morgan fingerprint density at radius 2 is 2.10 bits per heavy atom. The molecule has 2 heteroatoms. The third kappa shape index (κ3) is 7.92. The Hall–Kier alpha value is -0.0800. The van der Waals surface area contributed by atoms with Gasteiger partial charge in [0, 0.05) is 6.61 Å². The maximum absolute atomic E-state index is 8.78. The van der Waals surface area contributed by atoms with Crippen LogP contribution in [0, 0.1) is 0 Å². The van der Waals surface area contributed by atoms with Crippen molar-refractivity contribution in [2.45, 2.75) is 39.2 Å². The highest BCUT2D eigenvalue weighted by Crippen LogP contribution is 1.94. The summed E-state index contributed by atoms with van der Waals surface area (Å²) in [5, 5.41) is 8.78. The van der Waals surface area contributed by atoms with Gasteiger partial charge in [-0.15, -0.1) is 0 Å². The Bertz CT molecular complexity index is 62.3. The standard InChI is InChI=1S/C8H18O2/c1-3-4-5-6-10-7-8(2)9/h8-9H,3-7H2,1-2H3/t8-/m1/s1. The number of aliphatic hydroxyl groups is 1. The van der Waals surface area contributed by atoms with E-state index in [1.807, 2.05) is 0 Å². The van der Waals surface area contributed by atoms with E-state index in [-0.39, 0.29) is 6.10 Å². The summed E-state index contributed by atoms with van der Waals surface area (Å²) in [6.45, 7) is 5.16. The fraction of sp³-hybridized carbons (Fsp3) is 1.00. The summed E-state index contributed by atoms with van der Waals surface area (Å²) in [5.74, 6) is 0. The lowest BCUT2D eigenvalue weighted by Gasteiger charge is -2.04. The average molecular weight is 146 g/mol. The van der Waals surface area contributed by atoms with Crippen LogP contribution < -0.4 is 0 Å². The molecule has 0 aromatic carbocycles. The van der Waals surface area contributed by atoms with E-state index in [1.165, 1.54) is 12.8 Å². The van der Waals surface area contributed by atoms with Crippen molar-refractivity contribution in [3.63, 3.8) is 0 Å². The molecule has 0 aromatic heterocycles. The molecule has 0 fully saturated rings. The van der Waals surface area contributed by atoms with Crippen molar-refractivity contribution in [2.24, 2.45) is 0 Å². The molecule has 1 atom stereocenters. The molecule has 0 unspecified atom stereocenters. The van der Waals surface area contributed by atoms with Crippen molar-refractivity contribution in [1.82, 2.24) is 0 Å². The van der Waals surface area contributed by atoms with Gasteiger partial charge >= 0.3 is 0 Å². The zero-order valence-corrected chi connectivity index (χ0v) is 6.97. The molecule has 0 amide bonds. The van der Waals surface area contributed by atoms with Gasteiger partial charge in [-0.2, -0.15) is 0 Å². The van der Waals surface area contributed by atoms with Gasteiger partial charge in [0.05, 0.1) is 12.7 Å². The van der Waals surface area contributed by atoms with Crippen molar-refractivity contribution < 1.29 is 9.84 Å². The topological polar surface area (TPSA) is 29.5 Å². The number of unbranched alkanes of at least 4 members (excludes halogenated alkanes) is 2. The molecule has 62 valence electrons. The molecule has 0 rings (SSSR count). The number of hydrogen-bond acceptors (Lipinski definition) is 2. The molecular formula is C8H18O2. The minimum absolute atomic E-state index is 0.318. The van der Waals surface area contributed by atoms with Crippen LogP contribution >= 0.6 is 0 Å². The molecule has 0 heterocycles. The van der Waals surface area contributed by atoms with Crippen LogP contribution in [0.15, 0.2) is 0 Å². The molecule has 0 saturated carbocycles. The fourth-order valence-electron chi connectivity index (χ4n) is 0.708. The van der Waals surface area contributed by atoms with Gasteiger partial charge in [-0.1, -0.05) is 19.8 Å². The van der Waals surface area contributed by atoms with Crippen LogP contribution in [-0.2, 0) is 4.74 Å². The average Bonchev–Trinajstić information content (AvgIpc) is 1.87. The molecule has 0 saturated heterocycles. The molecule has 0 aliphatic heterocycles. The molecular weight excluding hydrogens is 128 g/mol. The molecule has 10 heavy (non-hydrogen) atoms. The van der Waals surface area contributed by atoms with Gasteiger partial charge in [-0.25, -0.2) is 0 Å². The molecule has 0 aliphatic rings. The molecule has 2 nitrogen and oxygen atoms in total. The lowest BCUT2D eigenvalue weighted by atomic mass is 10.3.